The number of fused-ring (bicyclic) bond motifs is 11. The molecule has 8 aromatic rings. The molecule has 3 heteroatoms. The van der Waals surface area contributed by atoms with Gasteiger partial charge in [-0.2, -0.15) is 0 Å². The van der Waals surface area contributed by atoms with Crippen LogP contribution < -0.4 is 4.90 Å². The molecule has 6 aromatic carbocycles. The number of furan rings is 2. The minimum absolute atomic E-state index is 0.0640. The van der Waals surface area contributed by atoms with Gasteiger partial charge in [0.25, 0.3) is 0 Å². The molecular weight excluding hydrogens is 550 g/mol. The molecule has 0 radical (unpaired) electrons. The van der Waals surface area contributed by atoms with Gasteiger partial charge in [-0.3, -0.25) is 0 Å². The van der Waals surface area contributed by atoms with Crippen molar-refractivity contribution in [1.82, 2.24) is 0 Å². The third-order valence-corrected chi connectivity index (χ3v) is 10.5. The largest absolute Gasteiger partial charge is 0.456 e. The highest BCUT2D eigenvalue weighted by molar-refractivity contribution is 6.18. The zero-order chi connectivity index (χ0) is 29.5. The molecule has 2 aliphatic rings. The maximum Gasteiger partial charge on any atom is 0.137 e. The number of hydrogen-bond donors (Lipinski definition) is 0. The third kappa shape index (κ3) is 3.41. The quantitative estimate of drug-likeness (QED) is 0.208. The van der Waals surface area contributed by atoms with Crippen LogP contribution in [0.1, 0.15) is 43.2 Å². The highest BCUT2D eigenvalue weighted by atomic mass is 16.3. The molecule has 2 aliphatic carbocycles. The summed E-state index contributed by atoms with van der Waals surface area (Å²) in [4.78, 5) is 2.49. The van der Waals surface area contributed by atoms with Gasteiger partial charge in [0, 0.05) is 21.8 Å². The molecule has 10 rings (SSSR count). The van der Waals surface area contributed by atoms with E-state index in [0.29, 0.717) is 0 Å². The lowest BCUT2D eigenvalue weighted by molar-refractivity contribution is 0.353. The Morgan fingerprint density at radius 2 is 0.956 bits per heavy atom. The lowest BCUT2D eigenvalue weighted by atomic mass is 9.68. The summed E-state index contributed by atoms with van der Waals surface area (Å²) in [5, 5.41) is 4.48. The molecule has 45 heavy (non-hydrogen) atoms. The molecule has 1 spiro atoms. The topological polar surface area (TPSA) is 29.5 Å². The normalized spacial score (nSPS) is 15.3. The van der Waals surface area contributed by atoms with Crippen molar-refractivity contribution in [3.63, 3.8) is 0 Å². The fourth-order valence-corrected chi connectivity index (χ4v) is 8.64. The Kier molecular flexibility index (Phi) is 5.22. The van der Waals surface area contributed by atoms with E-state index in [0.717, 1.165) is 55.3 Å². The van der Waals surface area contributed by atoms with Crippen LogP contribution in [0.5, 0.6) is 0 Å². The zero-order valence-electron chi connectivity index (χ0n) is 24.9. The van der Waals surface area contributed by atoms with Gasteiger partial charge in [0.15, 0.2) is 0 Å². The number of hydrogen-bond acceptors (Lipinski definition) is 3. The minimum atomic E-state index is 0.0640. The first kappa shape index (κ1) is 25.1. The van der Waals surface area contributed by atoms with Crippen LogP contribution in [0.3, 0.4) is 0 Å². The maximum absolute atomic E-state index is 6.45. The summed E-state index contributed by atoms with van der Waals surface area (Å²) in [6.07, 6.45) is 6.25. The Balaban J connectivity index is 1.36. The van der Waals surface area contributed by atoms with Gasteiger partial charge in [-0.1, -0.05) is 104 Å². The van der Waals surface area contributed by atoms with Crippen molar-refractivity contribution >= 4 is 60.9 Å². The van der Waals surface area contributed by atoms with Crippen LogP contribution in [0.2, 0.25) is 0 Å². The Morgan fingerprint density at radius 3 is 1.62 bits per heavy atom. The highest BCUT2D eigenvalue weighted by Crippen LogP contribution is 2.60. The van der Waals surface area contributed by atoms with Crippen molar-refractivity contribution in [2.45, 2.75) is 37.5 Å². The van der Waals surface area contributed by atoms with Crippen molar-refractivity contribution in [1.29, 1.82) is 0 Å². The van der Waals surface area contributed by atoms with Crippen LogP contribution in [0.15, 0.2) is 136 Å². The summed E-state index contributed by atoms with van der Waals surface area (Å²) >= 11 is 0. The number of nitrogens with zero attached hydrogens (tertiary/aromatic N) is 1. The summed E-state index contributed by atoms with van der Waals surface area (Å²) in [5.74, 6) is 0. The standard InChI is InChI=1S/C42H31NO2/c1-8-25-42(26-9-1)30-16-5-2-13-27(30)39-31(42)17-10-18-32(39)43(33-19-11-23-37-40(33)28-14-3-6-21-35(28)44-37)34-20-12-24-38-41(34)29-15-4-7-22-36(29)45-38/h2-7,10-24H,1,8-9,25-26H2. The van der Waals surface area contributed by atoms with E-state index < -0.39 is 0 Å². The number of anilines is 3. The van der Waals surface area contributed by atoms with Crippen molar-refractivity contribution in [3.8, 4) is 11.1 Å². The molecule has 1 saturated carbocycles. The summed E-state index contributed by atoms with van der Waals surface area (Å²) < 4.78 is 12.9. The summed E-state index contributed by atoms with van der Waals surface area (Å²) in [5.41, 5.74) is 12.7. The molecule has 0 amide bonds. The maximum atomic E-state index is 6.45. The Bertz CT molecular complexity index is 2320. The average Bonchev–Trinajstić information content (AvgIpc) is 3.75. The lowest BCUT2D eigenvalue weighted by Crippen LogP contribution is -2.28. The van der Waals surface area contributed by atoms with Crippen LogP contribution in [-0.2, 0) is 5.41 Å². The molecule has 216 valence electrons. The molecule has 0 atom stereocenters. The van der Waals surface area contributed by atoms with Crippen molar-refractivity contribution < 1.29 is 8.83 Å². The predicted molar refractivity (Wildman–Crippen MR) is 185 cm³/mol. The Morgan fingerprint density at radius 1 is 0.444 bits per heavy atom. The summed E-state index contributed by atoms with van der Waals surface area (Å²) in [7, 11) is 0. The first-order chi connectivity index (χ1) is 22.3. The van der Waals surface area contributed by atoms with Crippen LogP contribution in [0, 0.1) is 0 Å². The van der Waals surface area contributed by atoms with Gasteiger partial charge < -0.3 is 13.7 Å². The van der Waals surface area contributed by atoms with E-state index in [1.54, 1.807) is 0 Å². The zero-order valence-corrected chi connectivity index (χ0v) is 24.9. The van der Waals surface area contributed by atoms with E-state index >= 15 is 0 Å². The molecule has 0 saturated heterocycles. The predicted octanol–water partition coefficient (Wildman–Crippen LogP) is 12.2. The van der Waals surface area contributed by atoms with Gasteiger partial charge >= 0.3 is 0 Å². The molecule has 2 heterocycles. The fourth-order valence-electron chi connectivity index (χ4n) is 8.64. The number of para-hydroxylation sites is 2. The summed E-state index contributed by atoms with van der Waals surface area (Å²) in [6, 6.07) is 45.9. The van der Waals surface area contributed by atoms with E-state index in [2.05, 4.69) is 120 Å². The molecular formula is C42H31NO2. The van der Waals surface area contributed by atoms with Gasteiger partial charge in [0.1, 0.15) is 22.3 Å². The van der Waals surface area contributed by atoms with E-state index in [4.69, 9.17) is 8.83 Å². The molecule has 3 nitrogen and oxygen atoms in total. The van der Waals surface area contributed by atoms with Crippen LogP contribution in [0.25, 0.3) is 55.0 Å². The SMILES string of the molecule is c1ccc2c(c1)-c1c(N(c3cccc4oc5ccccc5c34)c3cccc4oc5ccccc5c34)cccc1C21CCCCC1. The van der Waals surface area contributed by atoms with Crippen molar-refractivity contribution in [2.75, 3.05) is 4.90 Å². The van der Waals surface area contributed by atoms with Crippen LogP contribution >= 0.6 is 0 Å². The molecule has 0 bridgehead atoms. The fraction of sp³-hybridized carbons (Fsp3) is 0.143. The Labute approximate surface area is 261 Å². The molecule has 2 aromatic heterocycles. The van der Waals surface area contributed by atoms with E-state index in [1.807, 2.05) is 12.1 Å². The Hall–Kier alpha value is -5.28. The number of rotatable bonds is 3. The van der Waals surface area contributed by atoms with Gasteiger partial charge in [0.2, 0.25) is 0 Å². The van der Waals surface area contributed by atoms with Crippen LogP contribution in [0.4, 0.5) is 17.1 Å². The molecule has 0 aliphatic heterocycles. The minimum Gasteiger partial charge on any atom is -0.456 e. The summed E-state index contributed by atoms with van der Waals surface area (Å²) in [6.45, 7) is 0. The van der Waals surface area contributed by atoms with Gasteiger partial charge in [-0.25, -0.2) is 0 Å². The molecule has 0 unspecified atom stereocenters. The highest BCUT2D eigenvalue weighted by Gasteiger charge is 2.45. The average molecular weight is 582 g/mol. The van der Waals surface area contributed by atoms with E-state index in [-0.39, 0.29) is 5.41 Å². The van der Waals surface area contributed by atoms with Gasteiger partial charge in [0.05, 0.1) is 27.8 Å². The molecule has 0 N–H and O–H groups in total. The second-order valence-electron chi connectivity index (χ2n) is 12.7. The van der Waals surface area contributed by atoms with Gasteiger partial charge in [-0.15, -0.1) is 0 Å². The smallest absolute Gasteiger partial charge is 0.137 e. The first-order valence-electron chi connectivity index (χ1n) is 16.2. The van der Waals surface area contributed by atoms with Gasteiger partial charge in [-0.05, 0) is 72.0 Å². The van der Waals surface area contributed by atoms with Crippen LogP contribution in [-0.4, -0.2) is 0 Å². The third-order valence-electron chi connectivity index (χ3n) is 10.5. The van der Waals surface area contributed by atoms with E-state index in [1.165, 1.54) is 60.0 Å². The lowest BCUT2D eigenvalue weighted by Gasteiger charge is -2.36. The monoisotopic (exact) mass is 581 g/mol. The molecule has 1 fully saturated rings. The second-order valence-corrected chi connectivity index (χ2v) is 12.7. The first-order valence-corrected chi connectivity index (χ1v) is 16.2. The second kappa shape index (κ2) is 9.36. The van der Waals surface area contributed by atoms with Crippen molar-refractivity contribution in [3.05, 3.63) is 139 Å². The number of benzene rings is 6. The van der Waals surface area contributed by atoms with E-state index in [9.17, 15) is 0 Å². The van der Waals surface area contributed by atoms with Crippen molar-refractivity contribution in [2.24, 2.45) is 0 Å².